The maximum absolute atomic E-state index is 12.4. The molecule has 2 heterocycles. The Morgan fingerprint density at radius 2 is 1.91 bits per heavy atom. The fourth-order valence-electron chi connectivity index (χ4n) is 3.80. The van der Waals surface area contributed by atoms with Crippen molar-refractivity contribution in [2.24, 2.45) is 5.73 Å². The van der Waals surface area contributed by atoms with Gasteiger partial charge in [-0.3, -0.25) is 9.69 Å². The van der Waals surface area contributed by atoms with Crippen molar-refractivity contribution < 1.29 is 9.53 Å². The van der Waals surface area contributed by atoms with Crippen molar-refractivity contribution in [3.05, 3.63) is 0 Å². The monoisotopic (exact) mass is 311 g/mol. The third-order valence-corrected chi connectivity index (χ3v) is 5.32. The second kappa shape index (κ2) is 7.75. The zero-order valence-corrected chi connectivity index (χ0v) is 14.3. The molecule has 128 valence electrons. The van der Waals surface area contributed by atoms with E-state index in [1.165, 1.54) is 19.3 Å². The molecule has 22 heavy (non-hydrogen) atoms. The number of piperidine rings is 1. The first-order valence-electron chi connectivity index (χ1n) is 8.90. The number of nitrogens with two attached hydrogens (primary N) is 1. The molecule has 0 saturated carbocycles. The number of likely N-dealkylation sites (tertiary alicyclic amines) is 1. The number of hydrogen-bond acceptors (Lipinski definition) is 4. The van der Waals surface area contributed by atoms with Crippen molar-refractivity contribution in [1.82, 2.24) is 10.2 Å². The van der Waals surface area contributed by atoms with Gasteiger partial charge in [0.2, 0.25) is 5.91 Å². The first kappa shape index (κ1) is 17.7. The Bertz CT molecular complexity index is 359. The third-order valence-electron chi connectivity index (χ3n) is 5.32. The molecule has 1 atom stereocenters. The van der Waals surface area contributed by atoms with Gasteiger partial charge in [0.15, 0.2) is 0 Å². The number of amides is 1. The van der Waals surface area contributed by atoms with Crippen LogP contribution < -0.4 is 11.1 Å². The molecule has 3 N–H and O–H groups in total. The van der Waals surface area contributed by atoms with E-state index in [-0.39, 0.29) is 11.4 Å². The molecular formula is C17H33N3O2. The lowest BCUT2D eigenvalue weighted by molar-refractivity contribution is -0.127. The van der Waals surface area contributed by atoms with E-state index < -0.39 is 5.54 Å². The van der Waals surface area contributed by atoms with Crippen LogP contribution in [0, 0.1) is 0 Å². The fraction of sp³-hybridized carbons (Fsp3) is 0.941. The minimum absolute atomic E-state index is 0.0165. The molecule has 0 aromatic carbocycles. The lowest BCUT2D eigenvalue weighted by atomic mass is 9.85. The Labute approximate surface area is 134 Å². The Morgan fingerprint density at radius 1 is 1.27 bits per heavy atom. The second-order valence-electron chi connectivity index (χ2n) is 7.23. The quantitative estimate of drug-likeness (QED) is 0.783. The second-order valence-corrected chi connectivity index (χ2v) is 7.23. The van der Waals surface area contributed by atoms with Gasteiger partial charge >= 0.3 is 0 Å². The van der Waals surface area contributed by atoms with Crippen LogP contribution in [0.5, 0.6) is 0 Å². The van der Waals surface area contributed by atoms with Gasteiger partial charge in [0.25, 0.3) is 0 Å². The molecule has 0 spiro atoms. The van der Waals surface area contributed by atoms with Crippen LogP contribution in [0.4, 0.5) is 0 Å². The predicted molar refractivity (Wildman–Crippen MR) is 88.7 cm³/mol. The molecule has 2 aliphatic rings. The number of rotatable bonds is 6. The highest BCUT2D eigenvalue weighted by molar-refractivity contribution is 5.85. The van der Waals surface area contributed by atoms with Gasteiger partial charge in [0.05, 0.1) is 5.54 Å². The summed E-state index contributed by atoms with van der Waals surface area (Å²) in [5.41, 5.74) is 5.46. The van der Waals surface area contributed by atoms with Crippen molar-refractivity contribution in [3.63, 3.8) is 0 Å². The van der Waals surface area contributed by atoms with Crippen LogP contribution in [0.3, 0.4) is 0 Å². The first-order valence-corrected chi connectivity index (χ1v) is 8.90. The van der Waals surface area contributed by atoms with Gasteiger partial charge in [-0.1, -0.05) is 19.8 Å². The summed E-state index contributed by atoms with van der Waals surface area (Å²) in [6, 6.07) is 0. The SMILES string of the molecule is CCCC(C)(N)C(=O)NCC1(N2CCCCC2)CCOCC1. The zero-order chi connectivity index (χ0) is 16.1. The average molecular weight is 311 g/mol. The van der Waals surface area contributed by atoms with Gasteiger partial charge in [-0.15, -0.1) is 0 Å². The van der Waals surface area contributed by atoms with Crippen LogP contribution in [0.15, 0.2) is 0 Å². The summed E-state index contributed by atoms with van der Waals surface area (Å²) >= 11 is 0. The molecule has 5 heteroatoms. The number of nitrogens with one attached hydrogen (secondary N) is 1. The van der Waals surface area contributed by atoms with Crippen LogP contribution in [-0.4, -0.2) is 54.7 Å². The molecule has 1 amide bonds. The normalized spacial score (nSPS) is 25.4. The summed E-state index contributed by atoms with van der Waals surface area (Å²) in [6.45, 7) is 8.47. The van der Waals surface area contributed by atoms with Gasteiger partial charge < -0.3 is 15.8 Å². The van der Waals surface area contributed by atoms with E-state index >= 15 is 0 Å². The van der Waals surface area contributed by atoms with Gasteiger partial charge in [0, 0.05) is 25.3 Å². The highest BCUT2D eigenvalue weighted by Crippen LogP contribution is 2.30. The van der Waals surface area contributed by atoms with E-state index in [1.54, 1.807) is 0 Å². The topological polar surface area (TPSA) is 67.6 Å². The van der Waals surface area contributed by atoms with Crippen LogP contribution in [0.25, 0.3) is 0 Å². The average Bonchev–Trinajstić information content (AvgIpc) is 2.54. The molecule has 2 fully saturated rings. The van der Waals surface area contributed by atoms with E-state index in [4.69, 9.17) is 10.5 Å². The molecule has 0 bridgehead atoms. The molecule has 0 aliphatic carbocycles. The summed E-state index contributed by atoms with van der Waals surface area (Å²) in [7, 11) is 0. The standard InChI is InChI=1S/C17H33N3O2/c1-3-7-16(2,18)15(21)19-14-17(8-12-22-13-9-17)20-10-5-4-6-11-20/h3-14,18H2,1-2H3,(H,19,21). The number of carbonyl (C=O) groups excluding carboxylic acids is 1. The highest BCUT2D eigenvalue weighted by Gasteiger charge is 2.40. The largest absolute Gasteiger partial charge is 0.381 e. The Morgan fingerprint density at radius 3 is 2.50 bits per heavy atom. The summed E-state index contributed by atoms with van der Waals surface area (Å²) in [5, 5.41) is 3.15. The van der Waals surface area contributed by atoms with Crippen LogP contribution in [0.2, 0.25) is 0 Å². The van der Waals surface area contributed by atoms with Gasteiger partial charge in [-0.2, -0.15) is 0 Å². The highest BCUT2D eigenvalue weighted by atomic mass is 16.5. The lowest BCUT2D eigenvalue weighted by Crippen LogP contribution is -2.62. The summed E-state index contributed by atoms with van der Waals surface area (Å²) < 4.78 is 5.56. The third kappa shape index (κ3) is 4.21. The molecule has 1 unspecified atom stereocenters. The van der Waals surface area contributed by atoms with Crippen molar-refractivity contribution in [3.8, 4) is 0 Å². The number of hydrogen-bond donors (Lipinski definition) is 2. The molecule has 0 aromatic rings. The smallest absolute Gasteiger partial charge is 0.239 e. The predicted octanol–water partition coefficient (Wildman–Crippen LogP) is 1.66. The molecular weight excluding hydrogens is 278 g/mol. The number of ether oxygens (including phenoxy) is 1. The van der Waals surface area contributed by atoms with Crippen molar-refractivity contribution in [2.75, 3.05) is 32.8 Å². The van der Waals surface area contributed by atoms with Crippen molar-refractivity contribution >= 4 is 5.91 Å². The van der Waals surface area contributed by atoms with E-state index in [9.17, 15) is 4.79 Å². The summed E-state index contributed by atoms with van der Waals surface area (Å²) in [4.78, 5) is 15.0. The van der Waals surface area contributed by atoms with Crippen molar-refractivity contribution in [2.45, 2.75) is 69.9 Å². The minimum atomic E-state index is -0.761. The molecule has 0 radical (unpaired) electrons. The van der Waals surface area contributed by atoms with Crippen LogP contribution >= 0.6 is 0 Å². The van der Waals surface area contributed by atoms with E-state index in [1.807, 2.05) is 6.92 Å². The molecule has 2 rings (SSSR count). The molecule has 2 aliphatic heterocycles. The maximum Gasteiger partial charge on any atom is 0.239 e. The van der Waals surface area contributed by atoms with E-state index in [2.05, 4.69) is 17.1 Å². The van der Waals surface area contributed by atoms with Crippen LogP contribution in [0.1, 0.15) is 58.8 Å². The lowest BCUT2D eigenvalue weighted by Gasteiger charge is -2.48. The van der Waals surface area contributed by atoms with E-state index in [0.717, 1.165) is 52.0 Å². The Hall–Kier alpha value is -0.650. The zero-order valence-electron chi connectivity index (χ0n) is 14.3. The van der Waals surface area contributed by atoms with Crippen LogP contribution in [-0.2, 0) is 9.53 Å². The van der Waals surface area contributed by atoms with Crippen molar-refractivity contribution in [1.29, 1.82) is 0 Å². The maximum atomic E-state index is 12.4. The van der Waals surface area contributed by atoms with E-state index in [0.29, 0.717) is 6.54 Å². The number of carbonyl (C=O) groups is 1. The van der Waals surface area contributed by atoms with Gasteiger partial charge in [-0.25, -0.2) is 0 Å². The molecule has 2 saturated heterocycles. The van der Waals surface area contributed by atoms with Gasteiger partial charge in [0.1, 0.15) is 0 Å². The van der Waals surface area contributed by atoms with Gasteiger partial charge in [-0.05, 0) is 52.1 Å². The summed E-state index contributed by atoms with van der Waals surface area (Å²) in [6.07, 6.45) is 7.50. The molecule has 0 aromatic heterocycles. The first-order chi connectivity index (χ1) is 10.5. The molecule has 5 nitrogen and oxygen atoms in total. The number of nitrogens with zero attached hydrogens (tertiary/aromatic N) is 1. The fourth-order valence-corrected chi connectivity index (χ4v) is 3.80. The summed E-state index contributed by atoms with van der Waals surface area (Å²) in [5.74, 6) is -0.0165. The Kier molecular flexibility index (Phi) is 6.24. The minimum Gasteiger partial charge on any atom is -0.381 e. The Balaban J connectivity index is 1.99.